The molecule has 8 heteroatoms. The molecule has 1 aliphatic heterocycles. The Kier molecular flexibility index (Phi) is 5.77. The highest BCUT2D eigenvalue weighted by Crippen LogP contribution is 2.40. The first-order chi connectivity index (χ1) is 14.3. The maximum absolute atomic E-state index is 13.1. The van der Waals surface area contributed by atoms with Crippen LogP contribution in [-0.4, -0.2) is 39.2 Å². The summed E-state index contributed by atoms with van der Waals surface area (Å²) < 4.78 is 16.0. The van der Waals surface area contributed by atoms with E-state index in [4.69, 9.17) is 14.2 Å². The number of imide groups is 2. The van der Waals surface area contributed by atoms with Gasteiger partial charge in [-0.2, -0.15) is 0 Å². The lowest BCUT2D eigenvalue weighted by atomic mass is 10.0. The molecule has 8 nitrogen and oxygen atoms in total. The highest BCUT2D eigenvalue weighted by atomic mass is 16.5. The van der Waals surface area contributed by atoms with Gasteiger partial charge in [-0.05, 0) is 55.3 Å². The molecule has 0 atom stereocenters. The van der Waals surface area contributed by atoms with Crippen molar-refractivity contribution in [3.05, 3.63) is 52.6 Å². The number of urea groups is 1. The number of benzene rings is 2. The third-order valence-electron chi connectivity index (χ3n) is 4.60. The number of anilines is 1. The zero-order valence-corrected chi connectivity index (χ0v) is 17.4. The zero-order chi connectivity index (χ0) is 22.0. The number of nitrogens with zero attached hydrogens (tertiary/aromatic N) is 1. The number of hydrogen-bond acceptors (Lipinski definition) is 6. The van der Waals surface area contributed by atoms with Crippen molar-refractivity contribution < 1.29 is 28.6 Å². The lowest BCUT2D eigenvalue weighted by Gasteiger charge is -2.27. The first-order valence-corrected chi connectivity index (χ1v) is 9.09. The van der Waals surface area contributed by atoms with Crippen molar-refractivity contribution in [3.63, 3.8) is 0 Å². The molecular formula is C22H22N2O6. The summed E-state index contributed by atoms with van der Waals surface area (Å²) in [6.07, 6.45) is 1.36. The Morgan fingerprint density at radius 3 is 2.07 bits per heavy atom. The van der Waals surface area contributed by atoms with Gasteiger partial charge in [0.15, 0.2) is 11.5 Å². The number of rotatable bonds is 5. The Balaban J connectivity index is 2.11. The van der Waals surface area contributed by atoms with E-state index in [9.17, 15) is 14.4 Å². The number of amides is 4. The minimum atomic E-state index is -0.800. The summed E-state index contributed by atoms with van der Waals surface area (Å²) in [5.41, 5.74) is 2.36. The molecule has 4 amide bonds. The molecule has 30 heavy (non-hydrogen) atoms. The average Bonchev–Trinajstić information content (AvgIpc) is 2.69. The van der Waals surface area contributed by atoms with E-state index in [1.165, 1.54) is 27.4 Å². The number of barbiturate groups is 1. The Morgan fingerprint density at radius 2 is 1.50 bits per heavy atom. The van der Waals surface area contributed by atoms with Crippen LogP contribution in [0, 0.1) is 13.8 Å². The summed E-state index contributed by atoms with van der Waals surface area (Å²) >= 11 is 0. The standard InChI is InChI=1S/C22H22N2O6/c1-12-8-13(2)10-15(9-12)24-21(26)16(20(25)23-22(24)27)11-14-6-7-17(28-3)19(30-5)18(14)29-4/h6-11H,1-5H3,(H,23,25,27). The summed E-state index contributed by atoms with van der Waals surface area (Å²) in [5.74, 6) is -0.476. The van der Waals surface area contributed by atoms with Crippen LogP contribution in [0.15, 0.2) is 35.9 Å². The summed E-state index contributed by atoms with van der Waals surface area (Å²) in [5, 5.41) is 2.22. The van der Waals surface area contributed by atoms with Crippen LogP contribution in [0.25, 0.3) is 6.08 Å². The van der Waals surface area contributed by atoms with E-state index in [0.29, 0.717) is 28.5 Å². The topological polar surface area (TPSA) is 94.2 Å². The molecule has 1 heterocycles. The molecule has 0 radical (unpaired) electrons. The van der Waals surface area contributed by atoms with E-state index >= 15 is 0 Å². The molecule has 2 aromatic rings. The Bertz CT molecular complexity index is 1050. The third kappa shape index (κ3) is 3.71. The highest BCUT2D eigenvalue weighted by molar-refractivity contribution is 6.39. The lowest BCUT2D eigenvalue weighted by Crippen LogP contribution is -2.54. The molecule has 0 aliphatic carbocycles. The third-order valence-corrected chi connectivity index (χ3v) is 4.60. The normalized spacial score (nSPS) is 15.3. The first-order valence-electron chi connectivity index (χ1n) is 9.09. The quantitative estimate of drug-likeness (QED) is 0.602. The summed E-state index contributed by atoms with van der Waals surface area (Å²) in [6.45, 7) is 3.72. The number of carbonyl (C=O) groups is 3. The molecule has 0 saturated carbocycles. The second-order valence-corrected chi connectivity index (χ2v) is 6.73. The van der Waals surface area contributed by atoms with Crippen LogP contribution in [0.5, 0.6) is 17.2 Å². The summed E-state index contributed by atoms with van der Waals surface area (Å²) in [6, 6.07) is 7.79. The smallest absolute Gasteiger partial charge is 0.335 e. The van der Waals surface area contributed by atoms with Gasteiger partial charge < -0.3 is 14.2 Å². The molecule has 1 fully saturated rings. The van der Waals surface area contributed by atoms with Crippen LogP contribution >= 0.6 is 0 Å². The molecule has 0 bridgehead atoms. The minimum absolute atomic E-state index is 0.209. The molecule has 1 aliphatic rings. The molecule has 0 aromatic heterocycles. The van der Waals surface area contributed by atoms with Gasteiger partial charge in [0.25, 0.3) is 11.8 Å². The second kappa shape index (κ2) is 8.28. The van der Waals surface area contributed by atoms with Crippen LogP contribution in [0.4, 0.5) is 10.5 Å². The van der Waals surface area contributed by atoms with Crippen molar-refractivity contribution in [2.45, 2.75) is 13.8 Å². The molecule has 0 unspecified atom stereocenters. The van der Waals surface area contributed by atoms with Crippen molar-refractivity contribution in [2.75, 3.05) is 26.2 Å². The average molecular weight is 410 g/mol. The molecular weight excluding hydrogens is 388 g/mol. The van der Waals surface area contributed by atoms with Gasteiger partial charge in [0, 0.05) is 5.56 Å². The van der Waals surface area contributed by atoms with Gasteiger partial charge in [-0.15, -0.1) is 0 Å². The highest BCUT2D eigenvalue weighted by Gasteiger charge is 2.37. The summed E-state index contributed by atoms with van der Waals surface area (Å²) in [4.78, 5) is 39.0. The van der Waals surface area contributed by atoms with E-state index in [1.807, 2.05) is 19.9 Å². The fourth-order valence-corrected chi connectivity index (χ4v) is 3.37. The van der Waals surface area contributed by atoms with E-state index < -0.39 is 17.8 Å². The van der Waals surface area contributed by atoms with Gasteiger partial charge in [-0.1, -0.05) is 6.07 Å². The number of hydrogen-bond donors (Lipinski definition) is 1. The first kappa shape index (κ1) is 20.9. The van der Waals surface area contributed by atoms with E-state index in [1.54, 1.807) is 24.3 Å². The molecule has 1 saturated heterocycles. The zero-order valence-electron chi connectivity index (χ0n) is 17.4. The molecule has 156 valence electrons. The van der Waals surface area contributed by atoms with Gasteiger partial charge >= 0.3 is 6.03 Å². The van der Waals surface area contributed by atoms with Crippen molar-refractivity contribution in [2.24, 2.45) is 0 Å². The van der Waals surface area contributed by atoms with E-state index in [0.717, 1.165) is 16.0 Å². The maximum Gasteiger partial charge on any atom is 0.335 e. The Labute approximate surface area is 174 Å². The lowest BCUT2D eigenvalue weighted by molar-refractivity contribution is -0.122. The van der Waals surface area contributed by atoms with Crippen molar-refractivity contribution in [1.29, 1.82) is 0 Å². The van der Waals surface area contributed by atoms with Gasteiger partial charge in [-0.25, -0.2) is 9.69 Å². The van der Waals surface area contributed by atoms with Crippen LogP contribution in [0.2, 0.25) is 0 Å². The van der Waals surface area contributed by atoms with Crippen molar-refractivity contribution in [3.8, 4) is 17.2 Å². The Hall–Kier alpha value is -3.81. The fourth-order valence-electron chi connectivity index (χ4n) is 3.37. The van der Waals surface area contributed by atoms with Crippen molar-refractivity contribution in [1.82, 2.24) is 5.32 Å². The predicted molar refractivity (Wildman–Crippen MR) is 111 cm³/mol. The van der Waals surface area contributed by atoms with Gasteiger partial charge in [-0.3, -0.25) is 14.9 Å². The summed E-state index contributed by atoms with van der Waals surface area (Å²) in [7, 11) is 4.38. The van der Waals surface area contributed by atoms with E-state index in [-0.39, 0.29) is 5.57 Å². The predicted octanol–water partition coefficient (Wildman–Crippen LogP) is 3.00. The largest absolute Gasteiger partial charge is 0.493 e. The SMILES string of the molecule is COc1ccc(C=C2C(=O)NC(=O)N(c3cc(C)cc(C)c3)C2=O)c(OC)c1OC. The van der Waals surface area contributed by atoms with Gasteiger partial charge in [0.2, 0.25) is 5.75 Å². The number of carbonyl (C=O) groups excluding carboxylic acids is 3. The van der Waals surface area contributed by atoms with Crippen molar-refractivity contribution >= 4 is 29.6 Å². The van der Waals surface area contributed by atoms with Gasteiger partial charge in [0.1, 0.15) is 5.57 Å². The van der Waals surface area contributed by atoms with Gasteiger partial charge in [0.05, 0.1) is 27.0 Å². The number of aryl methyl sites for hydroxylation is 2. The number of methoxy groups -OCH3 is 3. The van der Waals surface area contributed by atoms with E-state index in [2.05, 4.69) is 5.32 Å². The molecule has 1 N–H and O–H groups in total. The van der Waals surface area contributed by atoms with Crippen LogP contribution in [-0.2, 0) is 9.59 Å². The van der Waals surface area contributed by atoms with Crippen LogP contribution < -0.4 is 24.4 Å². The fraction of sp³-hybridized carbons (Fsp3) is 0.227. The molecule has 0 spiro atoms. The minimum Gasteiger partial charge on any atom is -0.493 e. The maximum atomic E-state index is 13.1. The molecule has 2 aromatic carbocycles. The Morgan fingerprint density at radius 1 is 0.867 bits per heavy atom. The molecule has 3 rings (SSSR count). The number of nitrogens with one attached hydrogen (secondary N) is 1. The monoisotopic (exact) mass is 410 g/mol. The van der Waals surface area contributed by atoms with Crippen LogP contribution in [0.3, 0.4) is 0 Å². The number of ether oxygens (including phenoxy) is 3. The van der Waals surface area contributed by atoms with Crippen LogP contribution in [0.1, 0.15) is 16.7 Å². The second-order valence-electron chi connectivity index (χ2n) is 6.73.